The molecular weight excluding hydrogens is 304 g/mol. The molecule has 0 aliphatic carbocycles. The van der Waals surface area contributed by atoms with Gasteiger partial charge in [-0.1, -0.05) is 19.1 Å². The van der Waals surface area contributed by atoms with Crippen molar-refractivity contribution in [3.8, 4) is 0 Å². The minimum absolute atomic E-state index is 0.0716. The summed E-state index contributed by atoms with van der Waals surface area (Å²) >= 11 is 0. The quantitative estimate of drug-likeness (QED) is 0.800. The van der Waals surface area contributed by atoms with Crippen LogP contribution < -0.4 is 5.56 Å². The van der Waals surface area contributed by atoms with Crippen molar-refractivity contribution in [3.63, 3.8) is 0 Å². The Labute approximate surface area is 142 Å². The summed E-state index contributed by atoms with van der Waals surface area (Å²) < 4.78 is 3.63. The van der Waals surface area contributed by atoms with Gasteiger partial charge in [0.05, 0.1) is 24.8 Å². The maximum Gasteiger partial charge on any atom is 0.253 e. The predicted octanol–water partition coefficient (Wildman–Crippen LogP) is 1.37. The zero-order valence-corrected chi connectivity index (χ0v) is 14.5. The monoisotopic (exact) mass is 330 g/mol. The molecule has 1 aliphatic rings. The van der Waals surface area contributed by atoms with Gasteiger partial charge in [0, 0.05) is 25.4 Å². The first kappa shape index (κ1) is 16.8. The molecule has 7 nitrogen and oxygen atoms in total. The second kappa shape index (κ2) is 7.70. The Bertz CT molecular complexity index is 685. The Balaban J connectivity index is 1.47. The lowest BCUT2D eigenvalue weighted by atomic mass is 9.96. The van der Waals surface area contributed by atoms with Crippen LogP contribution in [0.5, 0.6) is 0 Å². The van der Waals surface area contributed by atoms with E-state index in [1.54, 1.807) is 23.2 Å². The second-order valence-electron chi connectivity index (χ2n) is 6.91. The summed E-state index contributed by atoms with van der Waals surface area (Å²) in [6.45, 7) is 8.92. The van der Waals surface area contributed by atoms with Crippen LogP contribution >= 0.6 is 0 Å². The first-order chi connectivity index (χ1) is 11.6. The number of piperidine rings is 1. The van der Waals surface area contributed by atoms with Crippen molar-refractivity contribution in [3.05, 3.63) is 40.8 Å². The first-order valence-corrected chi connectivity index (χ1v) is 8.74. The van der Waals surface area contributed by atoms with Crippen molar-refractivity contribution in [1.29, 1.82) is 0 Å². The van der Waals surface area contributed by atoms with E-state index in [0.717, 1.165) is 51.3 Å². The highest BCUT2D eigenvalue weighted by Crippen LogP contribution is 2.18. The third-order valence-corrected chi connectivity index (χ3v) is 4.77. The molecule has 0 aromatic carbocycles. The van der Waals surface area contributed by atoms with Gasteiger partial charge < -0.3 is 4.90 Å². The molecule has 0 atom stereocenters. The van der Waals surface area contributed by atoms with E-state index in [2.05, 4.69) is 34.0 Å². The van der Waals surface area contributed by atoms with E-state index in [1.165, 1.54) is 0 Å². The fourth-order valence-electron chi connectivity index (χ4n) is 3.16. The van der Waals surface area contributed by atoms with Gasteiger partial charge in [0.15, 0.2) is 0 Å². The summed E-state index contributed by atoms with van der Waals surface area (Å²) in [5.74, 6) is 0.845. The lowest BCUT2D eigenvalue weighted by molar-refractivity contribution is 0.166. The highest BCUT2D eigenvalue weighted by Gasteiger charge is 2.20. The van der Waals surface area contributed by atoms with Crippen LogP contribution in [0.1, 0.15) is 38.3 Å². The van der Waals surface area contributed by atoms with Crippen LogP contribution in [0.4, 0.5) is 0 Å². The molecule has 0 unspecified atom stereocenters. The van der Waals surface area contributed by atoms with Gasteiger partial charge in [-0.15, -0.1) is 5.10 Å². The summed E-state index contributed by atoms with van der Waals surface area (Å²) in [5.41, 5.74) is 0.946. The number of hydrogen-bond donors (Lipinski definition) is 0. The van der Waals surface area contributed by atoms with Crippen molar-refractivity contribution >= 4 is 0 Å². The molecule has 0 bridgehead atoms. The van der Waals surface area contributed by atoms with Gasteiger partial charge in [0.25, 0.3) is 5.56 Å². The van der Waals surface area contributed by atoms with Gasteiger partial charge in [-0.3, -0.25) is 14.0 Å². The van der Waals surface area contributed by atoms with Gasteiger partial charge in [-0.2, -0.15) is 0 Å². The van der Waals surface area contributed by atoms with Gasteiger partial charge in [0.1, 0.15) is 0 Å². The van der Waals surface area contributed by atoms with Crippen molar-refractivity contribution < 1.29 is 0 Å². The van der Waals surface area contributed by atoms with Crippen molar-refractivity contribution in [1.82, 2.24) is 29.4 Å². The summed E-state index contributed by atoms with van der Waals surface area (Å²) in [6, 6.07) is 1.68. The molecule has 0 radical (unpaired) electrons. The smallest absolute Gasteiger partial charge is 0.253 e. The first-order valence-electron chi connectivity index (χ1n) is 8.74. The molecule has 130 valence electrons. The highest BCUT2D eigenvalue weighted by atomic mass is 16.1. The van der Waals surface area contributed by atoms with Gasteiger partial charge in [-0.25, -0.2) is 4.98 Å². The Morgan fingerprint density at radius 2 is 2.04 bits per heavy atom. The molecule has 24 heavy (non-hydrogen) atoms. The zero-order valence-electron chi connectivity index (χ0n) is 14.5. The molecule has 0 N–H and O–H groups in total. The van der Waals surface area contributed by atoms with Crippen LogP contribution in [0.15, 0.2) is 29.6 Å². The molecule has 2 aromatic heterocycles. The summed E-state index contributed by atoms with van der Waals surface area (Å²) in [5, 5.41) is 7.82. The highest BCUT2D eigenvalue weighted by molar-refractivity contribution is 5.04. The summed E-state index contributed by atoms with van der Waals surface area (Å²) in [7, 11) is 0. The van der Waals surface area contributed by atoms with E-state index < -0.39 is 0 Å². The van der Waals surface area contributed by atoms with E-state index in [-0.39, 0.29) is 5.56 Å². The zero-order chi connectivity index (χ0) is 16.9. The van der Waals surface area contributed by atoms with Crippen molar-refractivity contribution in [2.24, 2.45) is 5.92 Å². The molecule has 0 spiro atoms. The Kier molecular flexibility index (Phi) is 5.40. The Hall–Kier alpha value is -2.02. The number of nitrogens with zero attached hydrogens (tertiary/aromatic N) is 6. The topological polar surface area (TPSA) is 68.8 Å². The fourth-order valence-corrected chi connectivity index (χ4v) is 3.16. The molecule has 1 fully saturated rings. The SMILES string of the molecule is CC(C)c1cc(=O)n(CC2CCN(CCn3ccnn3)CC2)cn1. The predicted molar refractivity (Wildman–Crippen MR) is 91.8 cm³/mol. The number of hydrogen-bond acceptors (Lipinski definition) is 5. The lowest BCUT2D eigenvalue weighted by Crippen LogP contribution is -2.38. The van der Waals surface area contributed by atoms with Crippen LogP contribution in [0, 0.1) is 5.92 Å². The van der Waals surface area contributed by atoms with Crippen LogP contribution in [0.25, 0.3) is 0 Å². The van der Waals surface area contributed by atoms with Crippen LogP contribution in [-0.2, 0) is 13.1 Å². The van der Waals surface area contributed by atoms with Crippen LogP contribution in [0.2, 0.25) is 0 Å². The lowest BCUT2D eigenvalue weighted by Gasteiger charge is -2.32. The molecule has 2 aromatic rings. The van der Waals surface area contributed by atoms with Crippen molar-refractivity contribution in [2.45, 2.75) is 45.7 Å². The molecule has 7 heteroatoms. The molecule has 3 heterocycles. The van der Waals surface area contributed by atoms with Gasteiger partial charge in [0.2, 0.25) is 0 Å². The van der Waals surface area contributed by atoms with E-state index in [0.29, 0.717) is 11.8 Å². The minimum atomic E-state index is 0.0716. The van der Waals surface area contributed by atoms with Crippen molar-refractivity contribution in [2.75, 3.05) is 19.6 Å². The molecule has 1 saturated heterocycles. The number of likely N-dealkylation sites (tertiary alicyclic amines) is 1. The number of aromatic nitrogens is 5. The standard InChI is InChI=1S/C17H26N6O/c1-14(2)16-11-17(24)22(13-18-16)12-15-3-6-21(7-4-15)9-10-23-8-5-19-20-23/h5,8,11,13-15H,3-4,6-7,9-10,12H2,1-2H3. The normalized spacial score (nSPS) is 16.8. The largest absolute Gasteiger partial charge is 0.301 e. The summed E-state index contributed by atoms with van der Waals surface area (Å²) in [6.07, 6.45) is 7.57. The van der Waals surface area contributed by atoms with E-state index in [1.807, 2.05) is 10.9 Å². The average Bonchev–Trinajstić information content (AvgIpc) is 3.09. The Morgan fingerprint density at radius 1 is 1.25 bits per heavy atom. The molecule has 0 amide bonds. The molecule has 1 aliphatic heterocycles. The van der Waals surface area contributed by atoms with Crippen LogP contribution in [0.3, 0.4) is 0 Å². The summed E-state index contributed by atoms with van der Waals surface area (Å²) in [4.78, 5) is 19.1. The van der Waals surface area contributed by atoms with E-state index in [9.17, 15) is 4.79 Å². The minimum Gasteiger partial charge on any atom is -0.301 e. The molecule has 3 rings (SSSR count). The average molecular weight is 330 g/mol. The van der Waals surface area contributed by atoms with Crippen LogP contribution in [-0.4, -0.2) is 49.1 Å². The molecule has 0 saturated carbocycles. The third-order valence-electron chi connectivity index (χ3n) is 4.77. The van der Waals surface area contributed by atoms with Gasteiger partial charge in [-0.05, 0) is 37.8 Å². The van der Waals surface area contributed by atoms with E-state index in [4.69, 9.17) is 0 Å². The van der Waals surface area contributed by atoms with Gasteiger partial charge >= 0.3 is 0 Å². The maximum absolute atomic E-state index is 12.2. The fraction of sp³-hybridized carbons (Fsp3) is 0.647. The molecular formula is C17H26N6O. The Morgan fingerprint density at radius 3 is 2.67 bits per heavy atom. The third kappa shape index (κ3) is 4.29. The van der Waals surface area contributed by atoms with E-state index >= 15 is 0 Å². The number of rotatable bonds is 6. The maximum atomic E-state index is 12.2. The second-order valence-corrected chi connectivity index (χ2v) is 6.91.